The Kier molecular flexibility index (Phi) is 11.2. The molecule has 0 amide bonds. The molecule has 6 nitrogen and oxygen atoms in total. The molecule has 1 aromatic carbocycles. The summed E-state index contributed by atoms with van der Waals surface area (Å²) in [5.74, 6) is 1.58. The number of likely N-dealkylation sites (tertiary alicyclic amines) is 1. The molecular formula is C23H39IN4O2. The number of aliphatic imine (C=N–C) groups is 1. The molecule has 0 spiro atoms. The molecule has 0 bridgehead atoms. The summed E-state index contributed by atoms with van der Waals surface area (Å²) in [5.41, 5.74) is 1.15. The van der Waals surface area contributed by atoms with Crippen LogP contribution in [-0.4, -0.2) is 66.9 Å². The van der Waals surface area contributed by atoms with Gasteiger partial charge in [-0.3, -0.25) is 4.99 Å². The first-order chi connectivity index (χ1) is 14.1. The second-order valence-electron chi connectivity index (χ2n) is 8.39. The minimum absolute atomic E-state index is 0. The van der Waals surface area contributed by atoms with Crippen LogP contribution < -0.4 is 15.4 Å². The molecule has 3 N–H and O–H groups in total. The third-order valence-electron chi connectivity index (χ3n) is 5.95. The van der Waals surface area contributed by atoms with E-state index in [1.54, 1.807) is 0 Å². The summed E-state index contributed by atoms with van der Waals surface area (Å²) in [4.78, 5) is 7.27. The zero-order valence-corrected chi connectivity index (χ0v) is 20.8. The van der Waals surface area contributed by atoms with Gasteiger partial charge in [-0.1, -0.05) is 25.0 Å². The van der Waals surface area contributed by atoms with Crippen molar-refractivity contribution in [1.82, 2.24) is 15.5 Å². The summed E-state index contributed by atoms with van der Waals surface area (Å²) in [6, 6.07) is 9.14. The molecule has 0 radical (unpaired) electrons. The highest BCUT2D eigenvalue weighted by Gasteiger charge is 2.27. The largest absolute Gasteiger partial charge is 0.491 e. The number of aliphatic hydroxyl groups excluding tert-OH is 1. The van der Waals surface area contributed by atoms with Crippen LogP contribution >= 0.6 is 24.0 Å². The van der Waals surface area contributed by atoms with Gasteiger partial charge in [-0.25, -0.2) is 0 Å². The van der Waals surface area contributed by atoms with Crippen LogP contribution in [0.5, 0.6) is 5.75 Å². The average Bonchev–Trinajstić information content (AvgIpc) is 3.26. The number of nitrogens with one attached hydrogen (secondary N) is 2. The SMILES string of the molecule is CCNC(=NCC(O)COc1cccc(C)c1)NC1CCN(C2CCCC2)CC1.I. The number of guanidine groups is 1. The smallest absolute Gasteiger partial charge is 0.191 e. The fourth-order valence-corrected chi connectivity index (χ4v) is 4.34. The van der Waals surface area contributed by atoms with Crippen molar-refractivity contribution >= 4 is 29.9 Å². The summed E-state index contributed by atoms with van der Waals surface area (Å²) in [6.45, 7) is 7.82. The molecule has 1 aromatic rings. The first kappa shape index (κ1) is 25.2. The quantitative estimate of drug-likeness (QED) is 0.274. The summed E-state index contributed by atoms with van der Waals surface area (Å²) in [5, 5.41) is 17.1. The first-order valence-corrected chi connectivity index (χ1v) is 11.3. The number of rotatable bonds is 8. The normalized spacial score (nSPS) is 19.9. The Bertz CT molecular complexity index is 644. The van der Waals surface area contributed by atoms with E-state index < -0.39 is 6.10 Å². The van der Waals surface area contributed by atoms with Gasteiger partial charge in [-0.05, 0) is 57.2 Å². The van der Waals surface area contributed by atoms with Gasteiger partial charge in [0.05, 0.1) is 6.54 Å². The zero-order chi connectivity index (χ0) is 20.5. The molecule has 2 aliphatic rings. The summed E-state index contributed by atoms with van der Waals surface area (Å²) < 4.78 is 5.69. The fourth-order valence-electron chi connectivity index (χ4n) is 4.34. The highest BCUT2D eigenvalue weighted by molar-refractivity contribution is 14.0. The molecule has 0 aromatic heterocycles. The van der Waals surface area contributed by atoms with Crippen molar-refractivity contribution in [2.24, 2.45) is 4.99 Å². The number of ether oxygens (including phenoxy) is 1. The van der Waals surface area contributed by atoms with Gasteiger partial charge in [0, 0.05) is 31.7 Å². The maximum absolute atomic E-state index is 10.3. The lowest BCUT2D eigenvalue weighted by Gasteiger charge is -2.36. The van der Waals surface area contributed by atoms with Crippen LogP contribution in [0.15, 0.2) is 29.3 Å². The van der Waals surface area contributed by atoms with Crippen LogP contribution in [0.4, 0.5) is 0 Å². The van der Waals surface area contributed by atoms with Crippen LogP contribution in [0.2, 0.25) is 0 Å². The molecule has 1 saturated heterocycles. The molecule has 1 atom stereocenters. The number of halogens is 1. The Hall–Kier alpha value is -1.06. The van der Waals surface area contributed by atoms with Gasteiger partial charge in [0.25, 0.3) is 0 Å². The molecule has 7 heteroatoms. The Labute approximate surface area is 198 Å². The van der Waals surface area contributed by atoms with Gasteiger partial charge in [0.15, 0.2) is 5.96 Å². The molecular weight excluding hydrogens is 491 g/mol. The minimum atomic E-state index is -0.629. The second-order valence-corrected chi connectivity index (χ2v) is 8.39. The summed E-state index contributed by atoms with van der Waals surface area (Å²) >= 11 is 0. The molecule has 170 valence electrons. The van der Waals surface area contributed by atoms with Crippen molar-refractivity contribution in [3.05, 3.63) is 29.8 Å². The van der Waals surface area contributed by atoms with E-state index in [1.807, 2.05) is 31.2 Å². The van der Waals surface area contributed by atoms with E-state index in [0.717, 1.165) is 42.7 Å². The lowest BCUT2D eigenvalue weighted by Crippen LogP contribution is -2.50. The highest BCUT2D eigenvalue weighted by atomic mass is 127. The zero-order valence-electron chi connectivity index (χ0n) is 18.5. The molecule has 1 saturated carbocycles. The van der Waals surface area contributed by atoms with Crippen LogP contribution in [0.1, 0.15) is 51.0 Å². The first-order valence-electron chi connectivity index (χ1n) is 11.3. The highest BCUT2D eigenvalue weighted by Crippen LogP contribution is 2.26. The van der Waals surface area contributed by atoms with Crippen LogP contribution in [0, 0.1) is 6.92 Å². The van der Waals surface area contributed by atoms with E-state index in [-0.39, 0.29) is 30.6 Å². The van der Waals surface area contributed by atoms with Crippen molar-refractivity contribution in [3.63, 3.8) is 0 Å². The van der Waals surface area contributed by atoms with Gasteiger partial charge >= 0.3 is 0 Å². The molecule has 1 aliphatic carbocycles. The maximum atomic E-state index is 10.3. The van der Waals surface area contributed by atoms with E-state index in [1.165, 1.54) is 38.8 Å². The third kappa shape index (κ3) is 8.23. The maximum Gasteiger partial charge on any atom is 0.191 e. The van der Waals surface area contributed by atoms with Crippen LogP contribution in [0.25, 0.3) is 0 Å². The summed E-state index contributed by atoms with van der Waals surface area (Å²) in [7, 11) is 0. The van der Waals surface area contributed by atoms with Crippen molar-refractivity contribution < 1.29 is 9.84 Å². The molecule has 2 fully saturated rings. The van der Waals surface area contributed by atoms with Gasteiger partial charge in [-0.2, -0.15) is 0 Å². The van der Waals surface area contributed by atoms with Crippen molar-refractivity contribution in [2.75, 3.05) is 32.8 Å². The molecule has 1 aliphatic heterocycles. The molecule has 30 heavy (non-hydrogen) atoms. The van der Waals surface area contributed by atoms with Crippen LogP contribution in [-0.2, 0) is 0 Å². The van der Waals surface area contributed by atoms with Gasteiger partial charge in [-0.15, -0.1) is 24.0 Å². The predicted octanol–water partition coefficient (Wildman–Crippen LogP) is 3.31. The predicted molar refractivity (Wildman–Crippen MR) is 134 cm³/mol. The molecule has 3 rings (SSSR count). The number of aryl methyl sites for hydroxylation is 1. The van der Waals surface area contributed by atoms with Crippen molar-refractivity contribution in [3.8, 4) is 5.75 Å². The lowest BCUT2D eigenvalue weighted by atomic mass is 10.0. The Balaban J connectivity index is 0.00000320. The topological polar surface area (TPSA) is 69.1 Å². The van der Waals surface area contributed by atoms with Crippen molar-refractivity contribution in [1.29, 1.82) is 0 Å². The second kappa shape index (κ2) is 13.4. The lowest BCUT2D eigenvalue weighted by molar-refractivity contribution is 0.114. The third-order valence-corrected chi connectivity index (χ3v) is 5.95. The monoisotopic (exact) mass is 530 g/mol. The molecule has 1 heterocycles. The minimum Gasteiger partial charge on any atom is -0.491 e. The van der Waals surface area contributed by atoms with E-state index in [9.17, 15) is 5.11 Å². The van der Waals surface area contributed by atoms with Gasteiger partial charge < -0.3 is 25.4 Å². The number of piperidine rings is 1. The number of benzene rings is 1. The van der Waals surface area contributed by atoms with E-state index >= 15 is 0 Å². The number of aliphatic hydroxyl groups is 1. The van der Waals surface area contributed by atoms with E-state index in [2.05, 4.69) is 27.4 Å². The number of nitrogens with zero attached hydrogens (tertiary/aromatic N) is 2. The number of hydrogen-bond donors (Lipinski definition) is 3. The van der Waals surface area contributed by atoms with Crippen LogP contribution in [0.3, 0.4) is 0 Å². The van der Waals surface area contributed by atoms with Crippen molar-refractivity contribution in [2.45, 2.75) is 70.6 Å². The average molecular weight is 530 g/mol. The Morgan fingerprint density at radius 3 is 2.63 bits per heavy atom. The Morgan fingerprint density at radius 1 is 1.23 bits per heavy atom. The van der Waals surface area contributed by atoms with Gasteiger partial charge in [0.2, 0.25) is 0 Å². The fraction of sp³-hybridized carbons (Fsp3) is 0.696. The number of hydrogen-bond acceptors (Lipinski definition) is 4. The van der Waals surface area contributed by atoms with Gasteiger partial charge in [0.1, 0.15) is 18.5 Å². The van der Waals surface area contributed by atoms with E-state index in [4.69, 9.17) is 4.74 Å². The Morgan fingerprint density at radius 2 is 1.97 bits per heavy atom. The van der Waals surface area contributed by atoms with E-state index in [0.29, 0.717) is 12.6 Å². The summed E-state index contributed by atoms with van der Waals surface area (Å²) in [6.07, 6.45) is 7.23. The standard InChI is InChI=1S/C23H38N4O2.HI/c1-3-24-23(25-16-21(28)17-29-22-10-6-7-18(2)15-22)26-19-11-13-27(14-12-19)20-8-4-5-9-20;/h6-7,10,15,19-21,28H,3-5,8-9,11-14,16-17H2,1-2H3,(H2,24,25,26);1H. The molecule has 1 unspecified atom stereocenters.